The van der Waals surface area contributed by atoms with Gasteiger partial charge in [0.1, 0.15) is 0 Å². The van der Waals surface area contributed by atoms with Crippen LogP contribution in [0.2, 0.25) is 5.02 Å². The van der Waals surface area contributed by atoms with Crippen LogP contribution < -0.4 is 0 Å². The molecule has 0 aliphatic heterocycles. The summed E-state index contributed by atoms with van der Waals surface area (Å²) in [5.41, 5.74) is 0.392. The average Bonchev–Trinajstić information content (AvgIpc) is 2.29. The standard InChI is InChI=1S/C10H13ClN2O4S/c1-8(14)13(15)12(2)18(16,17)7-9-5-3-4-6-10(9)11/h3-6,15H,7H2,1-2H3. The third-order valence-electron chi connectivity index (χ3n) is 2.25. The van der Waals surface area contributed by atoms with Crippen molar-refractivity contribution in [3.8, 4) is 0 Å². The fourth-order valence-electron chi connectivity index (χ4n) is 1.22. The summed E-state index contributed by atoms with van der Waals surface area (Å²) >= 11 is 5.85. The van der Waals surface area contributed by atoms with Crippen molar-refractivity contribution >= 4 is 27.5 Å². The number of benzene rings is 1. The van der Waals surface area contributed by atoms with E-state index >= 15 is 0 Å². The van der Waals surface area contributed by atoms with Gasteiger partial charge >= 0.3 is 0 Å². The van der Waals surface area contributed by atoms with Crippen LogP contribution in [0.1, 0.15) is 12.5 Å². The molecule has 0 radical (unpaired) electrons. The molecule has 0 atom stereocenters. The fraction of sp³-hybridized carbons (Fsp3) is 0.300. The van der Waals surface area contributed by atoms with Crippen molar-refractivity contribution in [2.45, 2.75) is 12.7 Å². The first kappa shape index (κ1) is 14.9. The Kier molecular flexibility index (Phi) is 4.69. The molecule has 0 saturated carbocycles. The van der Waals surface area contributed by atoms with Gasteiger partial charge in [-0.3, -0.25) is 10.0 Å². The van der Waals surface area contributed by atoms with Crippen LogP contribution in [0, 0.1) is 0 Å². The van der Waals surface area contributed by atoms with E-state index in [9.17, 15) is 18.4 Å². The van der Waals surface area contributed by atoms with Crippen LogP contribution in [0.3, 0.4) is 0 Å². The molecule has 0 unspecified atom stereocenters. The lowest BCUT2D eigenvalue weighted by atomic mass is 10.2. The minimum Gasteiger partial charge on any atom is -0.271 e. The van der Waals surface area contributed by atoms with Crippen molar-refractivity contribution < 1.29 is 18.4 Å². The topological polar surface area (TPSA) is 77.9 Å². The van der Waals surface area contributed by atoms with E-state index in [2.05, 4.69) is 0 Å². The van der Waals surface area contributed by atoms with Crippen LogP contribution in [0.15, 0.2) is 24.3 Å². The second kappa shape index (κ2) is 5.66. The molecule has 0 aromatic heterocycles. The Morgan fingerprint density at radius 2 is 1.94 bits per heavy atom. The fourth-order valence-corrected chi connectivity index (χ4v) is 2.69. The zero-order chi connectivity index (χ0) is 13.9. The monoisotopic (exact) mass is 292 g/mol. The van der Waals surface area contributed by atoms with Crippen molar-refractivity contribution in [1.82, 2.24) is 9.59 Å². The Labute approximate surface area is 110 Å². The second-order valence-electron chi connectivity index (χ2n) is 3.59. The molecule has 1 N–H and O–H groups in total. The van der Waals surface area contributed by atoms with Gasteiger partial charge in [-0.25, -0.2) is 8.42 Å². The summed E-state index contributed by atoms with van der Waals surface area (Å²) in [5, 5.41) is 9.62. The van der Waals surface area contributed by atoms with Crippen LogP contribution in [0.4, 0.5) is 0 Å². The molecule has 0 heterocycles. The molecule has 0 bridgehead atoms. The lowest BCUT2D eigenvalue weighted by Crippen LogP contribution is -2.44. The van der Waals surface area contributed by atoms with Gasteiger partial charge < -0.3 is 0 Å². The summed E-state index contributed by atoms with van der Waals surface area (Å²) in [4.78, 5) is 10.9. The molecule has 6 nitrogen and oxygen atoms in total. The first-order valence-corrected chi connectivity index (χ1v) is 6.94. The summed E-state index contributed by atoms with van der Waals surface area (Å²) in [6.07, 6.45) is 0. The number of hydrogen-bond acceptors (Lipinski definition) is 4. The average molecular weight is 293 g/mol. The van der Waals surface area contributed by atoms with Gasteiger partial charge in [0.15, 0.2) is 0 Å². The van der Waals surface area contributed by atoms with Gasteiger partial charge in [0.2, 0.25) is 10.0 Å². The van der Waals surface area contributed by atoms with Gasteiger partial charge in [-0.15, -0.1) is 5.17 Å². The maximum Gasteiger partial charge on any atom is 0.259 e. The van der Waals surface area contributed by atoms with E-state index in [0.717, 1.165) is 14.0 Å². The third kappa shape index (κ3) is 3.42. The summed E-state index contributed by atoms with van der Waals surface area (Å²) in [7, 11) is -2.80. The Balaban J connectivity index is 2.96. The Hall–Kier alpha value is -1.15. The zero-order valence-electron chi connectivity index (χ0n) is 9.87. The highest BCUT2D eigenvalue weighted by atomic mass is 35.5. The molecule has 1 rings (SSSR count). The van der Waals surface area contributed by atoms with Crippen molar-refractivity contribution in [1.29, 1.82) is 0 Å². The van der Waals surface area contributed by atoms with E-state index in [0.29, 0.717) is 15.0 Å². The lowest BCUT2D eigenvalue weighted by Gasteiger charge is -2.23. The highest BCUT2D eigenvalue weighted by molar-refractivity contribution is 7.88. The molecule has 1 aromatic rings. The van der Waals surface area contributed by atoms with Crippen molar-refractivity contribution in [2.75, 3.05) is 7.05 Å². The molecule has 0 fully saturated rings. The number of hydroxylamine groups is 1. The molecule has 0 aliphatic carbocycles. The third-order valence-corrected chi connectivity index (χ3v) is 4.25. The van der Waals surface area contributed by atoms with Crippen LogP contribution in [0.5, 0.6) is 0 Å². The highest BCUT2D eigenvalue weighted by Crippen LogP contribution is 2.19. The number of hydrogen-bond donors (Lipinski definition) is 1. The number of halogens is 1. The molecule has 18 heavy (non-hydrogen) atoms. The molecule has 8 heteroatoms. The van der Waals surface area contributed by atoms with Crippen LogP contribution in [-0.2, 0) is 20.6 Å². The first-order valence-electron chi connectivity index (χ1n) is 4.95. The molecular formula is C10H13ClN2O4S. The lowest BCUT2D eigenvalue weighted by molar-refractivity contribution is -0.203. The number of sulfonamides is 1. The van der Waals surface area contributed by atoms with E-state index < -0.39 is 21.7 Å². The highest BCUT2D eigenvalue weighted by Gasteiger charge is 2.26. The number of nitrogens with zero attached hydrogens (tertiary/aromatic N) is 2. The van der Waals surface area contributed by atoms with E-state index in [4.69, 9.17) is 11.6 Å². The van der Waals surface area contributed by atoms with Crippen LogP contribution in [-0.4, -0.2) is 36.2 Å². The maximum absolute atomic E-state index is 11.9. The molecule has 1 amide bonds. The smallest absolute Gasteiger partial charge is 0.259 e. The van der Waals surface area contributed by atoms with Gasteiger partial charge in [0.25, 0.3) is 5.91 Å². The predicted octanol–water partition coefficient (Wildman–Crippen LogP) is 1.25. The Morgan fingerprint density at radius 1 is 1.39 bits per heavy atom. The quantitative estimate of drug-likeness (QED) is 0.669. The number of rotatable bonds is 4. The van der Waals surface area contributed by atoms with Gasteiger partial charge in [0.05, 0.1) is 5.75 Å². The predicted molar refractivity (Wildman–Crippen MR) is 66.1 cm³/mol. The number of hydrazine groups is 1. The summed E-state index contributed by atoms with van der Waals surface area (Å²) < 4.78 is 24.3. The van der Waals surface area contributed by atoms with E-state index in [1.807, 2.05) is 0 Å². The molecule has 0 saturated heterocycles. The van der Waals surface area contributed by atoms with E-state index in [-0.39, 0.29) is 5.17 Å². The van der Waals surface area contributed by atoms with Crippen molar-refractivity contribution in [3.05, 3.63) is 34.9 Å². The zero-order valence-corrected chi connectivity index (χ0v) is 11.4. The van der Waals surface area contributed by atoms with Crippen LogP contribution >= 0.6 is 11.6 Å². The summed E-state index contributed by atoms with van der Waals surface area (Å²) in [6, 6.07) is 6.45. The second-order valence-corrected chi connectivity index (χ2v) is 5.98. The molecular weight excluding hydrogens is 280 g/mol. The molecule has 1 aromatic carbocycles. The minimum atomic E-state index is -3.88. The van der Waals surface area contributed by atoms with Crippen molar-refractivity contribution in [2.24, 2.45) is 0 Å². The van der Waals surface area contributed by atoms with Crippen molar-refractivity contribution in [3.63, 3.8) is 0 Å². The SMILES string of the molecule is CC(=O)N(O)N(C)S(=O)(=O)Cc1ccccc1Cl. The maximum atomic E-state index is 11.9. The molecule has 0 spiro atoms. The van der Waals surface area contributed by atoms with Crippen LogP contribution in [0.25, 0.3) is 0 Å². The summed E-state index contributed by atoms with van der Waals surface area (Å²) in [5.74, 6) is -1.21. The minimum absolute atomic E-state index is 0.0339. The van der Waals surface area contributed by atoms with E-state index in [1.165, 1.54) is 0 Å². The number of carbonyl (C=O) groups is 1. The largest absolute Gasteiger partial charge is 0.271 e. The Morgan fingerprint density at radius 3 is 2.44 bits per heavy atom. The first-order chi connectivity index (χ1) is 8.25. The molecule has 100 valence electrons. The molecule has 0 aliphatic rings. The van der Waals surface area contributed by atoms with Gasteiger partial charge in [0, 0.05) is 19.0 Å². The summed E-state index contributed by atoms with van der Waals surface area (Å²) in [6.45, 7) is 1.04. The van der Waals surface area contributed by atoms with Gasteiger partial charge in [-0.05, 0) is 11.6 Å². The van der Waals surface area contributed by atoms with Gasteiger partial charge in [-0.1, -0.05) is 34.2 Å². The van der Waals surface area contributed by atoms with E-state index in [1.54, 1.807) is 24.3 Å². The normalized spacial score (nSPS) is 11.6. The number of amides is 1. The number of carbonyl (C=O) groups excluding carboxylic acids is 1. The Bertz CT molecular complexity index is 547. The van der Waals surface area contributed by atoms with Gasteiger partial charge in [-0.2, -0.15) is 0 Å².